The van der Waals surface area contributed by atoms with E-state index in [1.54, 1.807) is 18.2 Å². The number of Topliss-reactive ketones (excluding diaryl/α,β-unsaturated/α-hetero) is 1. The second-order valence-corrected chi connectivity index (χ2v) is 5.26. The smallest absolute Gasteiger partial charge is 0.168 e. The van der Waals surface area contributed by atoms with E-state index in [-0.39, 0.29) is 12.2 Å². The second kappa shape index (κ2) is 5.80. The summed E-state index contributed by atoms with van der Waals surface area (Å²) in [4.78, 5) is 12.1. The fourth-order valence-corrected chi connectivity index (χ4v) is 2.55. The molecule has 0 spiro atoms. The largest absolute Gasteiger partial charge is 0.294 e. The van der Waals surface area contributed by atoms with Gasteiger partial charge >= 0.3 is 0 Å². The maximum Gasteiger partial charge on any atom is 0.168 e. The molecule has 0 heterocycles. The predicted octanol–water partition coefficient (Wildman–Crippen LogP) is 4.81. The van der Waals surface area contributed by atoms with E-state index in [2.05, 4.69) is 15.9 Å². The van der Waals surface area contributed by atoms with Crippen molar-refractivity contribution in [1.29, 1.82) is 0 Å². The molecule has 0 radical (unpaired) electrons. The van der Waals surface area contributed by atoms with Gasteiger partial charge in [-0.25, -0.2) is 8.78 Å². The third-order valence-electron chi connectivity index (χ3n) is 2.58. The first-order valence-electron chi connectivity index (χ1n) is 5.39. The van der Waals surface area contributed by atoms with Crippen molar-refractivity contribution in [2.75, 3.05) is 0 Å². The molecule has 19 heavy (non-hydrogen) atoms. The highest BCUT2D eigenvalue weighted by atomic mass is 79.9. The average molecular weight is 346 g/mol. The van der Waals surface area contributed by atoms with E-state index in [9.17, 15) is 13.6 Å². The van der Waals surface area contributed by atoms with Crippen molar-refractivity contribution in [3.05, 3.63) is 68.7 Å². The van der Waals surface area contributed by atoms with Gasteiger partial charge in [-0.3, -0.25) is 4.79 Å². The van der Waals surface area contributed by atoms with Crippen LogP contribution >= 0.6 is 27.5 Å². The summed E-state index contributed by atoms with van der Waals surface area (Å²) < 4.78 is 26.4. The molecular formula is C14H8BrClF2O. The van der Waals surface area contributed by atoms with E-state index < -0.39 is 11.6 Å². The normalized spacial score (nSPS) is 10.5. The lowest BCUT2D eigenvalue weighted by Crippen LogP contribution is -2.05. The Bertz CT molecular complexity index is 643. The fraction of sp³-hybridized carbons (Fsp3) is 0.0714. The number of ketones is 1. The highest BCUT2D eigenvalue weighted by Crippen LogP contribution is 2.23. The van der Waals surface area contributed by atoms with Crippen molar-refractivity contribution in [2.45, 2.75) is 6.42 Å². The van der Waals surface area contributed by atoms with Gasteiger partial charge in [0.1, 0.15) is 0 Å². The Kier molecular flexibility index (Phi) is 4.32. The summed E-state index contributed by atoms with van der Waals surface area (Å²) in [7, 11) is 0. The number of halogens is 4. The van der Waals surface area contributed by atoms with E-state index in [1.165, 1.54) is 6.07 Å². The van der Waals surface area contributed by atoms with Gasteiger partial charge < -0.3 is 0 Å². The van der Waals surface area contributed by atoms with Gasteiger partial charge in [0.05, 0.1) is 0 Å². The molecule has 2 aromatic rings. The molecule has 0 saturated heterocycles. The maximum absolute atomic E-state index is 13.1. The zero-order valence-electron chi connectivity index (χ0n) is 9.59. The van der Waals surface area contributed by atoms with Crippen LogP contribution < -0.4 is 0 Å². The molecule has 2 rings (SSSR count). The number of carbonyl (C=O) groups is 1. The van der Waals surface area contributed by atoms with Crippen molar-refractivity contribution in [1.82, 2.24) is 0 Å². The molecule has 0 N–H and O–H groups in total. The Morgan fingerprint density at radius 3 is 2.47 bits per heavy atom. The summed E-state index contributed by atoms with van der Waals surface area (Å²) in [5.74, 6) is -2.08. The fourth-order valence-electron chi connectivity index (χ4n) is 1.65. The predicted molar refractivity (Wildman–Crippen MR) is 73.5 cm³/mol. The molecule has 0 amide bonds. The van der Waals surface area contributed by atoms with Crippen LogP contribution in [0.4, 0.5) is 8.78 Å². The van der Waals surface area contributed by atoms with E-state index in [4.69, 9.17) is 11.6 Å². The van der Waals surface area contributed by atoms with Gasteiger partial charge in [0.15, 0.2) is 17.4 Å². The molecule has 0 aromatic heterocycles. The maximum atomic E-state index is 13.1. The van der Waals surface area contributed by atoms with Crippen molar-refractivity contribution in [3.63, 3.8) is 0 Å². The Hall–Kier alpha value is -1.26. The summed E-state index contributed by atoms with van der Waals surface area (Å²) in [5, 5.41) is 0.510. The number of hydrogen-bond acceptors (Lipinski definition) is 1. The van der Waals surface area contributed by atoms with Gasteiger partial charge in [0, 0.05) is 21.5 Å². The zero-order valence-corrected chi connectivity index (χ0v) is 11.9. The quantitative estimate of drug-likeness (QED) is 0.730. The summed E-state index contributed by atoms with van der Waals surface area (Å²) in [6, 6.07) is 8.23. The topological polar surface area (TPSA) is 17.1 Å². The first kappa shape index (κ1) is 14.2. The van der Waals surface area contributed by atoms with Crippen molar-refractivity contribution in [2.24, 2.45) is 0 Å². The number of rotatable bonds is 3. The molecule has 2 aromatic carbocycles. The van der Waals surface area contributed by atoms with Crippen LogP contribution in [0.2, 0.25) is 5.02 Å². The average Bonchev–Trinajstić information content (AvgIpc) is 2.33. The van der Waals surface area contributed by atoms with Gasteiger partial charge in [-0.15, -0.1) is 0 Å². The SMILES string of the molecule is O=C(Cc1ccc(F)c(F)c1)c1ccc(Cl)cc1Br. The molecule has 0 unspecified atom stereocenters. The molecule has 1 nitrogen and oxygen atoms in total. The van der Waals surface area contributed by atoms with Crippen LogP contribution in [-0.2, 0) is 6.42 Å². The highest BCUT2D eigenvalue weighted by Gasteiger charge is 2.12. The number of benzene rings is 2. The van der Waals surface area contributed by atoms with Gasteiger partial charge in [-0.05, 0) is 51.8 Å². The molecule has 98 valence electrons. The third kappa shape index (κ3) is 3.39. The lowest BCUT2D eigenvalue weighted by atomic mass is 10.0. The van der Waals surface area contributed by atoms with Gasteiger partial charge in [0.25, 0.3) is 0 Å². The Labute approximate surface area is 122 Å². The number of carbonyl (C=O) groups excluding carboxylic acids is 1. The van der Waals surface area contributed by atoms with Crippen LogP contribution in [0.3, 0.4) is 0 Å². The first-order chi connectivity index (χ1) is 8.97. The molecule has 0 bridgehead atoms. The molecule has 0 fully saturated rings. The van der Waals surface area contributed by atoms with Gasteiger partial charge in [-0.1, -0.05) is 17.7 Å². The Morgan fingerprint density at radius 2 is 1.84 bits per heavy atom. The minimum atomic E-state index is -0.958. The Balaban J connectivity index is 2.23. The minimum Gasteiger partial charge on any atom is -0.294 e. The summed E-state index contributed by atoms with van der Waals surface area (Å²) in [6.45, 7) is 0. The van der Waals surface area contributed by atoms with Crippen LogP contribution in [0, 0.1) is 11.6 Å². The van der Waals surface area contributed by atoms with E-state index >= 15 is 0 Å². The molecule has 0 aliphatic heterocycles. The summed E-state index contributed by atoms with van der Waals surface area (Å²) in [6.07, 6.45) is -0.00255. The monoisotopic (exact) mass is 344 g/mol. The van der Waals surface area contributed by atoms with Crippen LogP contribution in [-0.4, -0.2) is 5.78 Å². The molecule has 0 atom stereocenters. The lowest BCUT2D eigenvalue weighted by Gasteiger charge is -2.05. The van der Waals surface area contributed by atoms with Crippen LogP contribution in [0.15, 0.2) is 40.9 Å². The third-order valence-corrected chi connectivity index (χ3v) is 3.47. The van der Waals surface area contributed by atoms with Crippen LogP contribution in [0.5, 0.6) is 0 Å². The molecule has 0 aliphatic carbocycles. The highest BCUT2D eigenvalue weighted by molar-refractivity contribution is 9.10. The van der Waals surface area contributed by atoms with Crippen LogP contribution in [0.25, 0.3) is 0 Å². The molecule has 0 saturated carbocycles. The minimum absolute atomic E-state index is 0.00255. The van der Waals surface area contributed by atoms with Gasteiger partial charge in [-0.2, -0.15) is 0 Å². The number of hydrogen-bond donors (Lipinski definition) is 0. The first-order valence-corrected chi connectivity index (χ1v) is 6.56. The van der Waals surface area contributed by atoms with Crippen LogP contribution in [0.1, 0.15) is 15.9 Å². The molecule has 0 aliphatic rings. The van der Waals surface area contributed by atoms with Crippen molar-refractivity contribution >= 4 is 33.3 Å². The lowest BCUT2D eigenvalue weighted by molar-refractivity contribution is 0.0992. The molecule has 5 heteroatoms. The van der Waals surface area contributed by atoms with E-state index in [0.717, 1.165) is 12.1 Å². The van der Waals surface area contributed by atoms with Gasteiger partial charge in [0.2, 0.25) is 0 Å². The second-order valence-electron chi connectivity index (χ2n) is 3.97. The van der Waals surface area contributed by atoms with E-state index in [0.29, 0.717) is 20.6 Å². The standard InChI is InChI=1S/C14H8BrClF2O/c15-11-7-9(16)2-3-10(11)14(19)6-8-1-4-12(17)13(18)5-8/h1-5,7H,6H2. The summed E-state index contributed by atoms with van der Waals surface area (Å²) >= 11 is 9.04. The summed E-state index contributed by atoms with van der Waals surface area (Å²) in [5.41, 5.74) is 0.875. The Morgan fingerprint density at radius 1 is 1.11 bits per heavy atom. The molecular weight excluding hydrogens is 338 g/mol. The van der Waals surface area contributed by atoms with Crippen molar-refractivity contribution in [3.8, 4) is 0 Å². The van der Waals surface area contributed by atoms with E-state index in [1.807, 2.05) is 0 Å². The van der Waals surface area contributed by atoms with Crippen molar-refractivity contribution < 1.29 is 13.6 Å². The zero-order chi connectivity index (χ0) is 14.0.